The number of aromatic nitrogens is 5. The van der Waals surface area contributed by atoms with Crippen LogP contribution in [0.1, 0.15) is 30.8 Å². The summed E-state index contributed by atoms with van der Waals surface area (Å²) < 4.78 is 47.7. The van der Waals surface area contributed by atoms with Crippen molar-refractivity contribution in [2.24, 2.45) is 0 Å². The van der Waals surface area contributed by atoms with Gasteiger partial charge < -0.3 is 9.64 Å². The van der Waals surface area contributed by atoms with Crippen molar-refractivity contribution in [1.82, 2.24) is 29.2 Å². The van der Waals surface area contributed by atoms with Crippen molar-refractivity contribution >= 4 is 28.7 Å². The molecule has 1 aliphatic heterocycles. The van der Waals surface area contributed by atoms with Crippen molar-refractivity contribution in [3.63, 3.8) is 0 Å². The molecule has 0 aliphatic carbocycles. The van der Waals surface area contributed by atoms with Crippen LogP contribution in [0, 0.1) is 0 Å². The standard InChI is InChI=1S/C24H22F3N7O3/c1-3-34-20(24(25,26)27)11-21(31-34)30-23(36)33-9-6-15-10-16(4-5-19(15)33)37-22-17-7-8-32(14(2)35)12-18(17)28-13-29-22/h4-6,9-11,13H,3,7-8,12H2,1-2H3,(H,30,31,36). The average Bonchev–Trinajstić information content (AvgIpc) is 3.47. The van der Waals surface area contributed by atoms with Crippen molar-refractivity contribution < 1.29 is 27.5 Å². The van der Waals surface area contributed by atoms with Gasteiger partial charge in [-0.25, -0.2) is 14.8 Å². The zero-order chi connectivity index (χ0) is 26.3. The predicted molar refractivity (Wildman–Crippen MR) is 126 cm³/mol. The lowest BCUT2D eigenvalue weighted by Gasteiger charge is -2.27. The molecular formula is C24H22F3N7O3. The number of carbonyl (C=O) groups is 2. The molecule has 3 aromatic heterocycles. The number of alkyl halides is 3. The van der Waals surface area contributed by atoms with E-state index in [-0.39, 0.29) is 18.3 Å². The Hall–Kier alpha value is -4.42. The van der Waals surface area contributed by atoms with Gasteiger partial charge >= 0.3 is 12.2 Å². The molecule has 0 bridgehead atoms. The fourth-order valence-electron chi connectivity index (χ4n) is 4.27. The summed E-state index contributed by atoms with van der Waals surface area (Å²) in [6, 6.07) is 6.90. The van der Waals surface area contributed by atoms with Crippen LogP contribution in [0.25, 0.3) is 10.9 Å². The highest BCUT2D eigenvalue weighted by molar-refractivity contribution is 5.98. The highest BCUT2D eigenvalue weighted by Gasteiger charge is 2.35. The predicted octanol–water partition coefficient (Wildman–Crippen LogP) is 4.44. The molecule has 1 aromatic carbocycles. The van der Waals surface area contributed by atoms with Gasteiger partial charge in [0.05, 0.1) is 17.8 Å². The molecule has 0 fully saturated rings. The van der Waals surface area contributed by atoms with Crippen LogP contribution in [0.2, 0.25) is 0 Å². The molecule has 10 nitrogen and oxygen atoms in total. The number of hydrogen-bond donors (Lipinski definition) is 1. The number of amides is 2. The molecule has 0 spiro atoms. The van der Waals surface area contributed by atoms with Crippen LogP contribution in [0.3, 0.4) is 0 Å². The van der Waals surface area contributed by atoms with E-state index in [0.29, 0.717) is 42.0 Å². The SMILES string of the molecule is CCn1nc(NC(=O)n2ccc3cc(Oc4ncnc5c4CCN(C(C)=O)C5)ccc32)cc1C(F)(F)F. The Balaban J connectivity index is 1.35. The zero-order valence-electron chi connectivity index (χ0n) is 19.9. The van der Waals surface area contributed by atoms with E-state index >= 15 is 0 Å². The minimum Gasteiger partial charge on any atom is -0.439 e. The Labute approximate surface area is 208 Å². The minimum atomic E-state index is -4.59. The van der Waals surface area contributed by atoms with Crippen molar-refractivity contribution in [3.05, 3.63) is 59.8 Å². The van der Waals surface area contributed by atoms with Crippen LogP contribution in [-0.4, -0.2) is 47.7 Å². The maximum absolute atomic E-state index is 13.2. The first-order chi connectivity index (χ1) is 17.6. The quantitative estimate of drug-likeness (QED) is 0.432. The van der Waals surface area contributed by atoms with E-state index in [1.807, 2.05) is 0 Å². The molecule has 0 saturated heterocycles. The molecule has 1 N–H and O–H groups in total. The number of benzene rings is 1. The lowest BCUT2D eigenvalue weighted by Crippen LogP contribution is -2.35. The first kappa shape index (κ1) is 24.3. The third-order valence-electron chi connectivity index (χ3n) is 6.11. The van der Waals surface area contributed by atoms with E-state index in [0.717, 1.165) is 22.0 Å². The Kier molecular flexibility index (Phi) is 6.05. The fourth-order valence-corrected chi connectivity index (χ4v) is 4.27. The van der Waals surface area contributed by atoms with Crippen LogP contribution >= 0.6 is 0 Å². The molecular weight excluding hydrogens is 491 g/mol. The second-order valence-corrected chi connectivity index (χ2v) is 8.46. The molecule has 4 heterocycles. The molecule has 192 valence electrons. The van der Waals surface area contributed by atoms with Gasteiger partial charge in [-0.05, 0) is 37.6 Å². The van der Waals surface area contributed by atoms with Gasteiger partial charge in [0.2, 0.25) is 11.8 Å². The molecule has 1 aliphatic rings. The summed E-state index contributed by atoms with van der Waals surface area (Å²) in [4.78, 5) is 34.8. The largest absolute Gasteiger partial charge is 0.439 e. The number of halogens is 3. The minimum absolute atomic E-state index is 0.00443. The van der Waals surface area contributed by atoms with Crippen LogP contribution in [0.15, 0.2) is 42.9 Å². The highest BCUT2D eigenvalue weighted by Crippen LogP contribution is 2.32. The summed E-state index contributed by atoms with van der Waals surface area (Å²) in [6.45, 7) is 3.99. The number of ether oxygens (including phenoxy) is 1. The third kappa shape index (κ3) is 4.71. The lowest BCUT2D eigenvalue weighted by molar-refractivity contribution is -0.144. The number of hydrogen-bond acceptors (Lipinski definition) is 6. The topological polar surface area (TPSA) is 107 Å². The summed E-state index contributed by atoms with van der Waals surface area (Å²) in [5.41, 5.74) is 1.15. The highest BCUT2D eigenvalue weighted by atomic mass is 19.4. The number of rotatable bonds is 4. The smallest absolute Gasteiger partial charge is 0.433 e. The number of nitrogens with zero attached hydrogens (tertiary/aromatic N) is 6. The van der Waals surface area contributed by atoms with E-state index < -0.39 is 17.9 Å². The van der Waals surface area contributed by atoms with Crippen molar-refractivity contribution in [1.29, 1.82) is 0 Å². The third-order valence-corrected chi connectivity index (χ3v) is 6.11. The van der Waals surface area contributed by atoms with Gasteiger partial charge in [-0.2, -0.15) is 18.3 Å². The van der Waals surface area contributed by atoms with Gasteiger partial charge in [0.25, 0.3) is 0 Å². The zero-order valence-corrected chi connectivity index (χ0v) is 19.9. The molecule has 5 rings (SSSR count). The normalized spacial score (nSPS) is 13.5. The Morgan fingerprint density at radius 2 is 1.97 bits per heavy atom. The van der Waals surface area contributed by atoms with E-state index in [1.54, 1.807) is 29.2 Å². The lowest BCUT2D eigenvalue weighted by atomic mass is 10.1. The summed E-state index contributed by atoms with van der Waals surface area (Å²) in [5, 5.41) is 6.93. The van der Waals surface area contributed by atoms with E-state index in [2.05, 4.69) is 20.4 Å². The summed E-state index contributed by atoms with van der Waals surface area (Å²) in [5.74, 6) is 0.664. The second kappa shape index (κ2) is 9.22. The van der Waals surface area contributed by atoms with Gasteiger partial charge in [0, 0.05) is 43.2 Å². The molecule has 37 heavy (non-hydrogen) atoms. The molecule has 13 heteroatoms. The Bertz CT molecular complexity index is 1510. The number of anilines is 1. The Morgan fingerprint density at radius 1 is 1.16 bits per heavy atom. The number of carbonyl (C=O) groups excluding carboxylic acids is 2. The molecule has 0 radical (unpaired) electrons. The number of fused-ring (bicyclic) bond motifs is 2. The monoisotopic (exact) mass is 513 g/mol. The summed E-state index contributed by atoms with van der Waals surface area (Å²) in [6.07, 6.45) is -1.12. The molecule has 0 saturated carbocycles. The maximum atomic E-state index is 13.2. The van der Waals surface area contributed by atoms with Crippen molar-refractivity contribution in [2.45, 2.75) is 39.5 Å². The van der Waals surface area contributed by atoms with Crippen LogP contribution < -0.4 is 10.1 Å². The second-order valence-electron chi connectivity index (χ2n) is 8.46. The van der Waals surface area contributed by atoms with Crippen LogP contribution in [0.4, 0.5) is 23.8 Å². The van der Waals surface area contributed by atoms with Gasteiger partial charge in [0.15, 0.2) is 5.82 Å². The van der Waals surface area contributed by atoms with E-state index in [1.165, 1.54) is 30.9 Å². The van der Waals surface area contributed by atoms with Gasteiger partial charge in [0.1, 0.15) is 17.8 Å². The summed E-state index contributed by atoms with van der Waals surface area (Å²) in [7, 11) is 0. The first-order valence-electron chi connectivity index (χ1n) is 11.5. The van der Waals surface area contributed by atoms with E-state index in [4.69, 9.17) is 4.74 Å². The first-order valence-corrected chi connectivity index (χ1v) is 11.5. The molecule has 2 amide bonds. The van der Waals surface area contributed by atoms with Gasteiger partial charge in [-0.15, -0.1) is 0 Å². The maximum Gasteiger partial charge on any atom is 0.433 e. The molecule has 0 unspecified atom stereocenters. The van der Waals surface area contributed by atoms with Crippen LogP contribution in [0.5, 0.6) is 11.6 Å². The molecule has 4 aromatic rings. The number of aryl methyl sites for hydroxylation is 1. The van der Waals surface area contributed by atoms with Crippen molar-refractivity contribution in [2.75, 3.05) is 11.9 Å². The number of nitrogens with one attached hydrogen (secondary N) is 1. The van der Waals surface area contributed by atoms with E-state index in [9.17, 15) is 22.8 Å². The Morgan fingerprint density at radius 3 is 2.68 bits per heavy atom. The summed E-state index contributed by atoms with van der Waals surface area (Å²) >= 11 is 0. The fraction of sp³-hybridized carbons (Fsp3) is 0.292. The van der Waals surface area contributed by atoms with Crippen LogP contribution in [-0.2, 0) is 30.5 Å². The van der Waals surface area contributed by atoms with Gasteiger partial charge in [-0.1, -0.05) is 0 Å². The average molecular weight is 513 g/mol. The van der Waals surface area contributed by atoms with Gasteiger partial charge in [-0.3, -0.25) is 19.4 Å². The molecule has 0 atom stereocenters. The van der Waals surface area contributed by atoms with Crippen molar-refractivity contribution in [3.8, 4) is 11.6 Å².